The first-order valence-corrected chi connectivity index (χ1v) is 3.70. The summed E-state index contributed by atoms with van der Waals surface area (Å²) >= 11 is 15.8. The molecule has 0 spiro atoms. The molecule has 0 atom stereocenters. The first-order chi connectivity index (χ1) is 4.48. The van der Waals surface area contributed by atoms with E-state index in [0.717, 1.165) is 0 Å². The molecule has 0 radical (unpaired) electrons. The number of thiocarbonyl (C=S) groups is 1. The molecule has 0 aliphatic carbocycles. The molecule has 0 fully saturated rings. The maximum Gasteiger partial charge on any atom is 0.193 e. The predicted molar refractivity (Wildman–Crippen MR) is 49.2 cm³/mol. The Morgan fingerprint density at radius 3 is 2.60 bits per heavy atom. The second kappa shape index (κ2) is 4.01. The highest BCUT2D eigenvalue weighted by atomic mass is 35.5. The van der Waals surface area contributed by atoms with Crippen LogP contribution in [-0.4, -0.2) is 9.57 Å². The van der Waals surface area contributed by atoms with Crippen molar-refractivity contribution in [3.8, 4) is 0 Å². The fourth-order valence-electron chi connectivity index (χ4n) is 0.413. The van der Waals surface area contributed by atoms with Crippen molar-refractivity contribution in [2.45, 2.75) is 10.9 Å². The molecule has 0 bridgehead atoms. The highest BCUT2D eigenvalue weighted by Crippen LogP contribution is 2.21. The zero-order chi connectivity index (χ0) is 8.20. The largest absolute Gasteiger partial charge is 0.376 e. The third kappa shape index (κ3) is 4.85. The first-order valence-electron chi connectivity index (χ1n) is 2.54. The number of alkyl halides is 2. The zero-order valence-electron chi connectivity index (χ0n) is 5.23. The molecule has 0 aliphatic rings. The topological polar surface area (TPSA) is 38.0 Å². The van der Waals surface area contributed by atoms with Crippen LogP contribution in [0.25, 0.3) is 0 Å². The van der Waals surface area contributed by atoms with Crippen LogP contribution in [0, 0.1) is 0 Å². The van der Waals surface area contributed by atoms with Crippen LogP contribution >= 0.6 is 35.4 Å². The van der Waals surface area contributed by atoms with Crippen LogP contribution in [-0.2, 0) is 0 Å². The van der Waals surface area contributed by atoms with E-state index in [1.165, 1.54) is 0 Å². The van der Waals surface area contributed by atoms with E-state index in [0.29, 0.717) is 6.42 Å². The van der Waals surface area contributed by atoms with Gasteiger partial charge in [0.1, 0.15) is 0 Å². The first kappa shape index (κ1) is 10.0. The molecule has 0 amide bonds. The Bertz CT molecular complexity index is 147. The van der Waals surface area contributed by atoms with E-state index in [9.17, 15) is 0 Å². The fourth-order valence-corrected chi connectivity index (χ4v) is 1.12. The molecule has 0 aromatic heterocycles. The lowest BCUT2D eigenvalue weighted by Gasteiger charge is -2.18. The summed E-state index contributed by atoms with van der Waals surface area (Å²) in [6.07, 6.45) is 1.96. The van der Waals surface area contributed by atoms with Crippen molar-refractivity contribution in [3.63, 3.8) is 0 Å². The Labute approximate surface area is 75.4 Å². The summed E-state index contributed by atoms with van der Waals surface area (Å²) in [5.41, 5.74) is 5.13. The summed E-state index contributed by atoms with van der Waals surface area (Å²) in [7, 11) is 0. The molecule has 0 heterocycles. The quantitative estimate of drug-likeness (QED) is 0.313. The molecule has 0 aliphatic heterocycles. The van der Waals surface area contributed by atoms with Crippen LogP contribution in [0.2, 0.25) is 0 Å². The zero-order valence-corrected chi connectivity index (χ0v) is 7.56. The van der Waals surface area contributed by atoms with Crippen LogP contribution in [0.5, 0.6) is 0 Å². The molecule has 2 nitrogen and oxygen atoms in total. The van der Waals surface area contributed by atoms with Crippen molar-refractivity contribution >= 4 is 40.5 Å². The molecule has 0 aromatic rings. The Hall–Kier alpha value is 0.01000. The summed E-state index contributed by atoms with van der Waals surface area (Å²) in [5.74, 6) is 0. The molecule has 3 N–H and O–H groups in total. The van der Waals surface area contributed by atoms with Gasteiger partial charge in [0.15, 0.2) is 9.57 Å². The molecular formula is C5H8Cl2N2S. The minimum absolute atomic E-state index is 0.0758. The average Bonchev–Trinajstić information content (AvgIpc) is 1.59. The number of hydrogen-bond acceptors (Lipinski definition) is 1. The van der Waals surface area contributed by atoms with E-state index < -0.39 is 4.46 Å². The summed E-state index contributed by atoms with van der Waals surface area (Å²) in [5, 5.41) is 2.56. The van der Waals surface area contributed by atoms with Gasteiger partial charge in [-0.25, -0.2) is 0 Å². The maximum absolute atomic E-state index is 5.65. The van der Waals surface area contributed by atoms with Crippen molar-refractivity contribution in [2.24, 2.45) is 5.73 Å². The van der Waals surface area contributed by atoms with Gasteiger partial charge in [-0.05, 0) is 12.2 Å². The van der Waals surface area contributed by atoms with E-state index in [-0.39, 0.29) is 5.11 Å². The summed E-state index contributed by atoms with van der Waals surface area (Å²) in [6.45, 7) is 3.46. The smallest absolute Gasteiger partial charge is 0.193 e. The van der Waals surface area contributed by atoms with Gasteiger partial charge in [0.05, 0.1) is 0 Å². The van der Waals surface area contributed by atoms with Gasteiger partial charge in [0.2, 0.25) is 0 Å². The number of halogens is 2. The summed E-state index contributed by atoms with van der Waals surface area (Å²) in [4.78, 5) is 0. The van der Waals surface area contributed by atoms with Crippen LogP contribution in [0.1, 0.15) is 6.42 Å². The SMILES string of the molecule is C=CCC(Cl)(Cl)NC(N)=S. The number of hydrogen-bond donors (Lipinski definition) is 2. The van der Waals surface area contributed by atoms with Gasteiger partial charge >= 0.3 is 0 Å². The Morgan fingerprint density at radius 1 is 1.80 bits per heavy atom. The molecule has 0 saturated carbocycles. The monoisotopic (exact) mass is 198 g/mol. The molecular weight excluding hydrogens is 191 g/mol. The van der Waals surface area contributed by atoms with Crippen LogP contribution in [0.15, 0.2) is 12.7 Å². The van der Waals surface area contributed by atoms with Gasteiger partial charge in [-0.3, -0.25) is 0 Å². The third-order valence-electron chi connectivity index (χ3n) is 0.707. The Kier molecular flexibility index (Phi) is 4.01. The standard InChI is InChI=1S/C5H8Cl2N2S/c1-2-3-5(6,7)9-4(8)10/h2H,1,3H2,(H3,8,9,10). The lowest BCUT2D eigenvalue weighted by atomic mass is 10.4. The second-order valence-corrected chi connectivity index (χ2v) is 3.61. The minimum atomic E-state index is -1.12. The second-order valence-electron chi connectivity index (χ2n) is 1.69. The van der Waals surface area contributed by atoms with Crippen molar-refractivity contribution in [1.82, 2.24) is 5.32 Å². The molecule has 0 rings (SSSR count). The molecule has 0 unspecified atom stereocenters. The van der Waals surface area contributed by atoms with Gasteiger partial charge in [0, 0.05) is 6.42 Å². The highest BCUT2D eigenvalue weighted by molar-refractivity contribution is 7.80. The van der Waals surface area contributed by atoms with Gasteiger partial charge in [0.25, 0.3) is 0 Å². The van der Waals surface area contributed by atoms with Gasteiger partial charge in [-0.1, -0.05) is 29.3 Å². The predicted octanol–water partition coefficient (Wildman–Crippen LogP) is 1.53. The number of nitrogens with one attached hydrogen (secondary N) is 1. The highest BCUT2D eigenvalue weighted by Gasteiger charge is 2.21. The van der Waals surface area contributed by atoms with Gasteiger partial charge in [-0.15, -0.1) is 6.58 Å². The summed E-state index contributed by atoms with van der Waals surface area (Å²) < 4.78 is -1.12. The van der Waals surface area contributed by atoms with Gasteiger partial charge in [-0.2, -0.15) is 0 Å². The van der Waals surface area contributed by atoms with Crippen molar-refractivity contribution in [2.75, 3.05) is 0 Å². The lowest BCUT2D eigenvalue weighted by molar-refractivity contribution is 0.743. The van der Waals surface area contributed by atoms with Gasteiger partial charge < -0.3 is 11.1 Å². The molecule has 0 saturated heterocycles. The van der Waals surface area contributed by atoms with Crippen molar-refractivity contribution in [3.05, 3.63) is 12.7 Å². The number of rotatable bonds is 3. The molecule has 5 heteroatoms. The van der Waals surface area contributed by atoms with Crippen molar-refractivity contribution in [1.29, 1.82) is 0 Å². The van der Waals surface area contributed by atoms with E-state index >= 15 is 0 Å². The average molecular weight is 199 g/mol. The molecule has 58 valence electrons. The normalized spacial score (nSPS) is 10.6. The Balaban J connectivity index is 3.85. The van der Waals surface area contributed by atoms with E-state index in [1.807, 2.05) is 0 Å². The van der Waals surface area contributed by atoms with E-state index in [1.54, 1.807) is 6.08 Å². The molecule has 10 heavy (non-hydrogen) atoms. The third-order valence-corrected chi connectivity index (χ3v) is 1.31. The maximum atomic E-state index is 5.65. The van der Waals surface area contributed by atoms with Crippen molar-refractivity contribution < 1.29 is 0 Å². The fraction of sp³-hybridized carbons (Fsp3) is 0.400. The molecule has 0 aromatic carbocycles. The number of nitrogens with two attached hydrogens (primary N) is 1. The van der Waals surface area contributed by atoms with Crippen LogP contribution in [0.3, 0.4) is 0 Å². The van der Waals surface area contributed by atoms with E-state index in [4.69, 9.17) is 28.9 Å². The Morgan fingerprint density at radius 2 is 2.30 bits per heavy atom. The van der Waals surface area contributed by atoms with Crippen LogP contribution in [0.4, 0.5) is 0 Å². The van der Waals surface area contributed by atoms with Crippen LogP contribution < -0.4 is 11.1 Å². The lowest BCUT2D eigenvalue weighted by Crippen LogP contribution is -2.41. The summed E-state index contributed by atoms with van der Waals surface area (Å²) in [6, 6.07) is 0. The minimum Gasteiger partial charge on any atom is -0.376 e. The van der Waals surface area contributed by atoms with E-state index in [2.05, 4.69) is 24.1 Å².